The van der Waals surface area contributed by atoms with E-state index >= 15 is 0 Å². The number of hydrogen-bond acceptors (Lipinski definition) is 14. The molecule has 0 aromatic heterocycles. The molecule has 2 fully saturated rings. The highest BCUT2D eigenvalue weighted by Crippen LogP contribution is 2.26. The zero-order valence-electron chi connectivity index (χ0n) is 48.6. The van der Waals surface area contributed by atoms with Crippen LogP contribution in [0.4, 0.5) is 0 Å². The number of carbonyl (C=O) groups is 1. The van der Waals surface area contributed by atoms with Gasteiger partial charge in [-0.3, -0.25) is 4.79 Å². The fourth-order valence-electron chi connectivity index (χ4n) is 8.88. The predicted molar refractivity (Wildman–Crippen MR) is 316 cm³/mol. The Bertz CT molecular complexity index is 1720. The Morgan fingerprint density at radius 1 is 0.430 bits per heavy atom. The molecule has 11 unspecified atom stereocenters. The maximum atomic E-state index is 13.1. The number of aliphatic hydroxyl groups is 7. The van der Waals surface area contributed by atoms with E-state index in [2.05, 4.69) is 123 Å². The smallest absolute Gasteiger partial charge is 0.306 e. The van der Waals surface area contributed by atoms with Crippen molar-refractivity contribution in [1.29, 1.82) is 0 Å². The molecule has 7 N–H and O–H groups in total. The molecule has 79 heavy (non-hydrogen) atoms. The molecule has 452 valence electrons. The van der Waals surface area contributed by atoms with Gasteiger partial charge >= 0.3 is 5.97 Å². The van der Waals surface area contributed by atoms with E-state index in [1.807, 2.05) is 0 Å². The zero-order chi connectivity index (χ0) is 57.2. The second-order valence-corrected chi connectivity index (χ2v) is 20.8. The fourth-order valence-corrected chi connectivity index (χ4v) is 8.88. The Kier molecular flexibility index (Phi) is 45.8. The van der Waals surface area contributed by atoms with Gasteiger partial charge < -0.3 is 64.2 Å². The van der Waals surface area contributed by atoms with Crippen molar-refractivity contribution in [2.24, 2.45) is 0 Å². The van der Waals surface area contributed by atoms with E-state index < -0.39 is 86.7 Å². The maximum absolute atomic E-state index is 13.1. The van der Waals surface area contributed by atoms with Crippen molar-refractivity contribution in [2.45, 2.75) is 261 Å². The van der Waals surface area contributed by atoms with E-state index in [4.69, 9.17) is 28.4 Å². The van der Waals surface area contributed by atoms with Crippen LogP contribution in [-0.4, -0.2) is 142 Å². The van der Waals surface area contributed by atoms with Gasteiger partial charge in [-0.25, -0.2) is 0 Å². The summed E-state index contributed by atoms with van der Waals surface area (Å²) in [6.45, 7) is 3.48. The summed E-state index contributed by atoms with van der Waals surface area (Å²) >= 11 is 0. The molecule has 0 radical (unpaired) electrons. The third-order valence-electron chi connectivity index (χ3n) is 13.8. The van der Waals surface area contributed by atoms with Gasteiger partial charge in [-0.15, -0.1) is 0 Å². The standard InChI is InChI=1S/C65H108O14/c1-3-5-7-9-11-13-15-17-19-21-23-25-26-27-29-31-33-35-37-39-41-43-45-47-49-74-51-54(52-75-64-63(73)61(71)59(69)56(79-64)53-76-65-62(72)60(70)58(68)55(50-66)78-65)77-57(67)48-46-44-42-40-38-36-34-32-30-28-24-22-20-18-16-14-12-10-8-6-4-2/h6,8,12,14-15,17-18,20-21,23-24,26-28,32,34,38,40,54-56,58-66,68-73H,3-5,7,9-11,13,16,19,22,25,29-31,33,35-37,39,41-53H2,1-2H3/b8-6-,14-12-,17-15-,20-18-,23-21-,27-26-,28-24-,34-32-,40-38-. The van der Waals surface area contributed by atoms with Crippen LogP contribution in [0.15, 0.2) is 109 Å². The molecule has 14 nitrogen and oxygen atoms in total. The van der Waals surface area contributed by atoms with Crippen molar-refractivity contribution in [1.82, 2.24) is 0 Å². The maximum Gasteiger partial charge on any atom is 0.306 e. The largest absolute Gasteiger partial charge is 0.457 e. The first kappa shape index (κ1) is 71.8. The SMILES string of the molecule is CC/C=C\C/C=C\C/C=C\C/C=C\C/C=C\C/C=C\CCCCC(=O)OC(COCCCCCCCCCCC/C=C\C/C=C\C/C=C\CCCCCCC)COC1OC(COC2OC(CO)C(O)C(O)C2O)C(O)C(O)C1O. The lowest BCUT2D eigenvalue weighted by Gasteiger charge is -2.42. The van der Waals surface area contributed by atoms with Gasteiger partial charge in [0.2, 0.25) is 0 Å². The van der Waals surface area contributed by atoms with Crippen LogP contribution in [-0.2, 0) is 33.2 Å². The number of esters is 1. The highest BCUT2D eigenvalue weighted by molar-refractivity contribution is 5.69. The lowest BCUT2D eigenvalue weighted by Crippen LogP contribution is -2.61. The minimum atomic E-state index is -1.72. The van der Waals surface area contributed by atoms with Crippen LogP contribution in [0.3, 0.4) is 0 Å². The topological polar surface area (TPSA) is 214 Å². The second-order valence-electron chi connectivity index (χ2n) is 20.8. The van der Waals surface area contributed by atoms with Gasteiger partial charge in [-0.05, 0) is 103 Å². The molecular formula is C65H108O14. The molecule has 0 saturated carbocycles. The molecule has 0 aromatic rings. The van der Waals surface area contributed by atoms with Crippen molar-refractivity contribution in [3.63, 3.8) is 0 Å². The van der Waals surface area contributed by atoms with E-state index in [9.17, 15) is 40.5 Å². The van der Waals surface area contributed by atoms with Crippen LogP contribution in [0, 0.1) is 0 Å². The lowest BCUT2D eigenvalue weighted by molar-refractivity contribution is -0.332. The summed E-state index contributed by atoms with van der Waals surface area (Å²) in [6, 6.07) is 0. The summed E-state index contributed by atoms with van der Waals surface area (Å²) in [5.74, 6) is -0.423. The molecule has 2 aliphatic rings. The predicted octanol–water partition coefficient (Wildman–Crippen LogP) is 11.5. The highest BCUT2D eigenvalue weighted by atomic mass is 16.7. The molecule has 0 aromatic carbocycles. The molecule has 14 heteroatoms. The van der Waals surface area contributed by atoms with Crippen LogP contribution < -0.4 is 0 Å². The third kappa shape index (κ3) is 36.7. The molecule has 2 heterocycles. The molecule has 11 atom stereocenters. The van der Waals surface area contributed by atoms with Crippen molar-refractivity contribution in [3.8, 4) is 0 Å². The van der Waals surface area contributed by atoms with Crippen LogP contribution in [0.25, 0.3) is 0 Å². The van der Waals surface area contributed by atoms with Gasteiger partial charge in [0.1, 0.15) is 54.9 Å². The quantitative estimate of drug-likeness (QED) is 0.0172. The molecule has 2 aliphatic heterocycles. The van der Waals surface area contributed by atoms with Crippen LogP contribution in [0.1, 0.15) is 194 Å². The molecule has 2 saturated heterocycles. The number of carbonyl (C=O) groups excluding carboxylic acids is 1. The van der Waals surface area contributed by atoms with Crippen LogP contribution in [0.5, 0.6) is 0 Å². The normalized spacial score (nSPS) is 24.8. The fraction of sp³-hybridized carbons (Fsp3) is 0.708. The number of unbranched alkanes of at least 4 members (excludes halogenated alkanes) is 16. The number of ether oxygens (including phenoxy) is 6. The first-order valence-corrected chi connectivity index (χ1v) is 30.5. The van der Waals surface area contributed by atoms with Crippen LogP contribution in [0.2, 0.25) is 0 Å². The van der Waals surface area contributed by atoms with E-state index in [1.165, 1.54) is 77.0 Å². The molecule has 0 spiro atoms. The minimum absolute atomic E-state index is 0.0325. The van der Waals surface area contributed by atoms with Gasteiger partial charge in [0, 0.05) is 13.0 Å². The molecule has 0 aliphatic carbocycles. The summed E-state index contributed by atoms with van der Waals surface area (Å²) in [6.07, 6.45) is 52.9. The number of hydrogen-bond donors (Lipinski definition) is 7. The third-order valence-corrected chi connectivity index (χ3v) is 13.8. The van der Waals surface area contributed by atoms with Crippen molar-refractivity contribution >= 4 is 5.97 Å². The first-order valence-electron chi connectivity index (χ1n) is 30.5. The number of allylic oxidation sites excluding steroid dienone is 18. The Hall–Kier alpha value is -3.35. The van der Waals surface area contributed by atoms with Crippen molar-refractivity contribution in [3.05, 3.63) is 109 Å². The Morgan fingerprint density at radius 2 is 0.823 bits per heavy atom. The van der Waals surface area contributed by atoms with E-state index in [-0.39, 0.29) is 19.6 Å². The summed E-state index contributed by atoms with van der Waals surface area (Å²) < 4.78 is 34.4. The monoisotopic (exact) mass is 1110 g/mol. The summed E-state index contributed by atoms with van der Waals surface area (Å²) in [7, 11) is 0. The van der Waals surface area contributed by atoms with Gasteiger partial charge in [-0.2, -0.15) is 0 Å². The van der Waals surface area contributed by atoms with Crippen molar-refractivity contribution in [2.75, 3.05) is 33.0 Å². The average molecular weight is 1110 g/mol. The van der Waals surface area contributed by atoms with Gasteiger partial charge in [0.25, 0.3) is 0 Å². The number of rotatable bonds is 48. The van der Waals surface area contributed by atoms with E-state index in [0.717, 1.165) is 89.9 Å². The lowest BCUT2D eigenvalue weighted by atomic mass is 9.98. The Morgan fingerprint density at radius 3 is 1.29 bits per heavy atom. The molecule has 2 rings (SSSR count). The average Bonchev–Trinajstić information content (AvgIpc) is 3.45. The van der Waals surface area contributed by atoms with Gasteiger partial charge in [0.05, 0.1) is 26.4 Å². The summed E-state index contributed by atoms with van der Waals surface area (Å²) in [4.78, 5) is 13.1. The summed E-state index contributed by atoms with van der Waals surface area (Å²) in [5, 5.41) is 72.4. The van der Waals surface area contributed by atoms with E-state index in [1.54, 1.807) is 0 Å². The number of aliphatic hydroxyl groups excluding tert-OH is 7. The Labute approximate surface area is 476 Å². The molecular weight excluding hydrogens is 1000 g/mol. The Balaban J connectivity index is 1.73. The molecule has 0 amide bonds. The zero-order valence-corrected chi connectivity index (χ0v) is 48.6. The molecule has 0 bridgehead atoms. The minimum Gasteiger partial charge on any atom is -0.457 e. The first-order chi connectivity index (χ1) is 38.6. The van der Waals surface area contributed by atoms with Gasteiger partial charge in [0.15, 0.2) is 12.6 Å². The van der Waals surface area contributed by atoms with Gasteiger partial charge in [-0.1, -0.05) is 194 Å². The van der Waals surface area contributed by atoms with Crippen molar-refractivity contribution < 1.29 is 69.0 Å². The van der Waals surface area contributed by atoms with Crippen LogP contribution >= 0.6 is 0 Å². The summed E-state index contributed by atoms with van der Waals surface area (Å²) in [5.41, 5.74) is 0. The highest BCUT2D eigenvalue weighted by Gasteiger charge is 2.47. The van der Waals surface area contributed by atoms with E-state index in [0.29, 0.717) is 13.0 Å². The second kappa shape index (κ2) is 50.4.